The molecule has 0 bridgehead atoms. The first-order chi connectivity index (χ1) is 15.0. The van der Waals surface area contributed by atoms with Crippen LogP contribution in [-0.4, -0.2) is 53.9 Å². The minimum atomic E-state index is -0.715. The fourth-order valence-corrected chi connectivity index (χ4v) is 3.38. The fraction of sp³-hybridized carbons (Fsp3) is 0.304. The van der Waals surface area contributed by atoms with Crippen LogP contribution in [-0.2, 0) is 20.9 Å². The van der Waals surface area contributed by atoms with Gasteiger partial charge in [-0.05, 0) is 24.1 Å². The zero-order chi connectivity index (χ0) is 22.2. The number of likely N-dealkylation sites (N-methyl/N-ethyl adjacent to an activating group) is 1. The molecule has 2 aromatic rings. The molecule has 2 unspecified atom stereocenters. The number of anilines is 1. The van der Waals surface area contributed by atoms with Gasteiger partial charge in [-0.15, -0.1) is 0 Å². The van der Waals surface area contributed by atoms with E-state index in [1.54, 1.807) is 12.1 Å². The molecule has 8 heteroatoms. The van der Waals surface area contributed by atoms with E-state index in [9.17, 15) is 19.6 Å². The Morgan fingerprint density at radius 2 is 1.77 bits per heavy atom. The number of hydrogen-bond acceptors (Lipinski definition) is 5. The van der Waals surface area contributed by atoms with Crippen LogP contribution >= 0.6 is 0 Å². The molecule has 0 aliphatic carbocycles. The maximum atomic E-state index is 12.7. The molecule has 0 radical (unpaired) electrons. The van der Waals surface area contributed by atoms with Gasteiger partial charge in [-0.25, -0.2) is 4.79 Å². The molecule has 2 aromatic carbocycles. The number of carbonyl (C=O) groups is 3. The maximum Gasteiger partial charge on any atom is 0.410 e. The van der Waals surface area contributed by atoms with Gasteiger partial charge in [-0.3, -0.25) is 9.59 Å². The van der Waals surface area contributed by atoms with E-state index in [0.29, 0.717) is 5.69 Å². The summed E-state index contributed by atoms with van der Waals surface area (Å²) in [5.41, 5.74) is 1.50. The number of likely N-dealkylation sites (tertiary alicyclic amines) is 1. The van der Waals surface area contributed by atoms with E-state index >= 15 is 0 Å². The Hall–Kier alpha value is -3.86. The molecule has 160 valence electrons. The lowest BCUT2D eigenvalue weighted by Crippen LogP contribution is -2.43. The molecule has 0 spiro atoms. The molecule has 1 saturated heterocycles. The molecule has 2 atom stereocenters. The zero-order valence-corrected chi connectivity index (χ0v) is 17.2. The van der Waals surface area contributed by atoms with Crippen LogP contribution in [0, 0.1) is 17.2 Å². The number of benzene rings is 2. The quantitative estimate of drug-likeness (QED) is 0.774. The Balaban J connectivity index is 1.53. The number of ether oxygens (including phenoxy) is 1. The van der Waals surface area contributed by atoms with Crippen LogP contribution in [0.2, 0.25) is 0 Å². The number of nitrogens with zero attached hydrogens (tertiary/aromatic N) is 3. The van der Waals surface area contributed by atoms with Crippen molar-refractivity contribution >= 4 is 23.6 Å². The van der Waals surface area contributed by atoms with Gasteiger partial charge in [0.1, 0.15) is 19.2 Å². The van der Waals surface area contributed by atoms with Gasteiger partial charge >= 0.3 is 6.09 Å². The summed E-state index contributed by atoms with van der Waals surface area (Å²) in [4.78, 5) is 40.0. The largest absolute Gasteiger partial charge is 0.445 e. The number of nitrogens with one attached hydrogen (secondary N) is 1. The lowest BCUT2D eigenvalue weighted by molar-refractivity contribution is -0.132. The molecule has 31 heavy (non-hydrogen) atoms. The number of amides is 3. The second-order valence-electron chi connectivity index (χ2n) is 7.38. The molecule has 8 nitrogen and oxygen atoms in total. The van der Waals surface area contributed by atoms with E-state index in [1.807, 2.05) is 48.5 Å². The van der Waals surface area contributed by atoms with Gasteiger partial charge in [0.2, 0.25) is 11.8 Å². The van der Waals surface area contributed by atoms with Crippen LogP contribution in [0.4, 0.5) is 10.5 Å². The standard InChI is InChI=1S/C23H24N4O4/c1-26(23(30)31-16-17-8-4-2-5-9-17)15-21(28)27-14-18(12-20(27)13-24)22(29)25-19-10-6-3-7-11-19/h2-11,18,20H,12,14-16H2,1H3,(H,25,29). The maximum absolute atomic E-state index is 12.7. The monoisotopic (exact) mass is 420 g/mol. The Morgan fingerprint density at radius 3 is 2.42 bits per heavy atom. The number of rotatable bonds is 6. The summed E-state index contributed by atoms with van der Waals surface area (Å²) in [6.45, 7) is -0.00801. The molecule has 3 amide bonds. The van der Waals surface area contributed by atoms with E-state index in [2.05, 4.69) is 11.4 Å². The molecular weight excluding hydrogens is 396 g/mol. The SMILES string of the molecule is CN(CC(=O)N1CC(C(=O)Nc2ccccc2)CC1C#N)C(=O)OCc1ccccc1. The molecule has 1 N–H and O–H groups in total. The van der Waals surface area contributed by atoms with E-state index < -0.39 is 24.0 Å². The average Bonchev–Trinajstić information content (AvgIpc) is 3.23. The molecule has 3 rings (SSSR count). The van der Waals surface area contributed by atoms with Crippen LogP contribution in [0.5, 0.6) is 0 Å². The molecule has 1 aliphatic heterocycles. The first kappa shape index (κ1) is 21.8. The average molecular weight is 420 g/mol. The van der Waals surface area contributed by atoms with Gasteiger partial charge < -0.3 is 19.9 Å². The number of hydrogen-bond donors (Lipinski definition) is 1. The molecule has 1 aliphatic rings. The van der Waals surface area contributed by atoms with E-state index in [1.165, 1.54) is 11.9 Å². The van der Waals surface area contributed by atoms with Crippen molar-refractivity contribution < 1.29 is 19.1 Å². The van der Waals surface area contributed by atoms with Gasteiger partial charge in [0.25, 0.3) is 0 Å². The minimum Gasteiger partial charge on any atom is -0.445 e. The van der Waals surface area contributed by atoms with Crippen molar-refractivity contribution in [3.05, 3.63) is 66.2 Å². The predicted octanol–water partition coefficient (Wildman–Crippen LogP) is 2.63. The van der Waals surface area contributed by atoms with Crippen molar-refractivity contribution in [2.24, 2.45) is 5.92 Å². The summed E-state index contributed by atoms with van der Waals surface area (Å²) < 4.78 is 5.22. The second-order valence-corrected chi connectivity index (χ2v) is 7.38. The van der Waals surface area contributed by atoms with Crippen LogP contribution in [0.1, 0.15) is 12.0 Å². The first-order valence-electron chi connectivity index (χ1n) is 9.94. The Bertz CT molecular complexity index is 959. The predicted molar refractivity (Wildman–Crippen MR) is 114 cm³/mol. The molecule has 0 saturated carbocycles. The van der Waals surface area contributed by atoms with Gasteiger partial charge in [-0.1, -0.05) is 48.5 Å². The van der Waals surface area contributed by atoms with Crippen molar-refractivity contribution in [1.29, 1.82) is 5.26 Å². The summed E-state index contributed by atoms with van der Waals surface area (Å²) in [6.07, 6.45) is -0.383. The molecule has 0 aromatic heterocycles. The lowest BCUT2D eigenvalue weighted by Gasteiger charge is -2.23. The third-order valence-corrected chi connectivity index (χ3v) is 5.07. The minimum absolute atomic E-state index is 0.102. The number of para-hydroxylation sites is 1. The van der Waals surface area contributed by atoms with Crippen molar-refractivity contribution in [2.45, 2.75) is 19.1 Å². The van der Waals surface area contributed by atoms with Crippen molar-refractivity contribution in [3.63, 3.8) is 0 Å². The van der Waals surface area contributed by atoms with Crippen LogP contribution < -0.4 is 5.32 Å². The fourth-order valence-electron chi connectivity index (χ4n) is 3.38. The van der Waals surface area contributed by atoms with Gasteiger partial charge in [-0.2, -0.15) is 5.26 Å². The third kappa shape index (κ3) is 5.82. The summed E-state index contributed by atoms with van der Waals surface area (Å²) in [6, 6.07) is 19.6. The third-order valence-electron chi connectivity index (χ3n) is 5.07. The summed E-state index contributed by atoms with van der Waals surface area (Å²) in [7, 11) is 1.46. The van der Waals surface area contributed by atoms with E-state index in [0.717, 1.165) is 10.5 Å². The van der Waals surface area contributed by atoms with Gasteiger partial charge in [0, 0.05) is 19.3 Å². The first-order valence-corrected chi connectivity index (χ1v) is 9.94. The lowest BCUT2D eigenvalue weighted by atomic mass is 10.1. The topological polar surface area (TPSA) is 103 Å². The highest BCUT2D eigenvalue weighted by Gasteiger charge is 2.39. The van der Waals surface area contributed by atoms with Crippen molar-refractivity contribution in [3.8, 4) is 6.07 Å². The normalized spacial score (nSPS) is 17.5. The summed E-state index contributed by atoms with van der Waals surface area (Å²) >= 11 is 0. The Labute approximate surface area is 181 Å². The van der Waals surface area contributed by atoms with Gasteiger partial charge in [0.15, 0.2) is 0 Å². The van der Waals surface area contributed by atoms with Gasteiger partial charge in [0.05, 0.1) is 12.0 Å². The Kier molecular flexibility index (Phi) is 7.22. The number of carbonyl (C=O) groups excluding carboxylic acids is 3. The number of nitriles is 1. The van der Waals surface area contributed by atoms with Crippen molar-refractivity contribution in [1.82, 2.24) is 9.80 Å². The molecular formula is C23H24N4O4. The smallest absolute Gasteiger partial charge is 0.410 e. The van der Waals surface area contributed by atoms with Crippen LogP contribution in [0.3, 0.4) is 0 Å². The van der Waals surface area contributed by atoms with E-state index in [-0.39, 0.29) is 32.0 Å². The second kappa shape index (κ2) is 10.3. The molecule has 1 fully saturated rings. The highest BCUT2D eigenvalue weighted by molar-refractivity contribution is 5.94. The zero-order valence-electron chi connectivity index (χ0n) is 17.2. The van der Waals surface area contributed by atoms with E-state index in [4.69, 9.17) is 4.74 Å². The van der Waals surface area contributed by atoms with Crippen LogP contribution in [0.25, 0.3) is 0 Å². The Morgan fingerprint density at radius 1 is 1.13 bits per heavy atom. The highest BCUT2D eigenvalue weighted by Crippen LogP contribution is 2.24. The summed E-state index contributed by atoms with van der Waals surface area (Å²) in [5.74, 6) is -1.14. The highest BCUT2D eigenvalue weighted by atomic mass is 16.6. The van der Waals surface area contributed by atoms with Crippen molar-refractivity contribution in [2.75, 3.05) is 25.5 Å². The van der Waals surface area contributed by atoms with Crippen LogP contribution in [0.15, 0.2) is 60.7 Å². The molecule has 1 heterocycles. The summed E-state index contributed by atoms with van der Waals surface area (Å²) in [5, 5.41) is 12.3.